The number of imide groups is 2. The number of anilines is 1. The molecule has 0 unspecified atom stereocenters. The summed E-state index contributed by atoms with van der Waals surface area (Å²) in [6, 6.07) is 4.87. The maximum Gasteiger partial charge on any atom is 0.334 e. The van der Waals surface area contributed by atoms with Crippen molar-refractivity contribution in [3.05, 3.63) is 29.3 Å². The molecular weight excluding hydrogens is 310 g/mol. The minimum absolute atomic E-state index is 0.189. The summed E-state index contributed by atoms with van der Waals surface area (Å²) >= 11 is 0. The Morgan fingerprint density at radius 1 is 1.08 bits per heavy atom. The van der Waals surface area contributed by atoms with Gasteiger partial charge in [0.1, 0.15) is 6.54 Å². The largest absolute Gasteiger partial charge is 0.334 e. The number of hydrogen-bond donors (Lipinski definition) is 1. The van der Waals surface area contributed by atoms with Crippen LogP contribution in [0.5, 0.6) is 0 Å². The molecule has 7 heteroatoms. The lowest BCUT2D eigenvalue weighted by molar-refractivity contribution is -0.143. The van der Waals surface area contributed by atoms with E-state index in [2.05, 4.69) is 5.32 Å². The van der Waals surface area contributed by atoms with Crippen molar-refractivity contribution < 1.29 is 19.2 Å². The van der Waals surface area contributed by atoms with Gasteiger partial charge in [0.15, 0.2) is 0 Å². The van der Waals surface area contributed by atoms with E-state index in [1.165, 1.54) is 0 Å². The first-order chi connectivity index (χ1) is 11.3. The zero-order valence-corrected chi connectivity index (χ0v) is 14.1. The molecular formula is C17H21N3O4. The Balaban J connectivity index is 2.05. The molecule has 24 heavy (non-hydrogen) atoms. The second-order valence-electron chi connectivity index (χ2n) is 5.85. The van der Waals surface area contributed by atoms with Gasteiger partial charge in [0.25, 0.3) is 0 Å². The fourth-order valence-electron chi connectivity index (χ4n) is 2.41. The van der Waals surface area contributed by atoms with Crippen LogP contribution in [-0.2, 0) is 14.4 Å². The Bertz CT molecular complexity index is 699. The van der Waals surface area contributed by atoms with E-state index in [0.29, 0.717) is 17.0 Å². The van der Waals surface area contributed by atoms with Crippen molar-refractivity contribution in [2.75, 3.05) is 18.4 Å². The summed E-state index contributed by atoms with van der Waals surface area (Å²) in [5, 5.41) is 2.68. The Hall–Kier alpha value is -2.70. The zero-order chi connectivity index (χ0) is 17.9. The van der Waals surface area contributed by atoms with Crippen molar-refractivity contribution in [1.82, 2.24) is 9.80 Å². The number of benzene rings is 1. The number of carbonyl (C=O) groups excluding carboxylic acids is 4. The summed E-state index contributed by atoms with van der Waals surface area (Å²) in [5.41, 5.74) is 2.46. The second kappa shape index (κ2) is 7.25. The summed E-state index contributed by atoms with van der Waals surface area (Å²) in [6.07, 6.45) is 1.41. The summed E-state index contributed by atoms with van der Waals surface area (Å²) < 4.78 is 0. The third-order valence-corrected chi connectivity index (χ3v) is 3.84. The number of urea groups is 1. The molecule has 0 aliphatic carbocycles. The first kappa shape index (κ1) is 17.7. The molecule has 2 rings (SSSR count). The molecule has 0 bridgehead atoms. The molecule has 0 aromatic heterocycles. The quantitative estimate of drug-likeness (QED) is 0.636. The average Bonchev–Trinajstić information content (AvgIpc) is 2.73. The van der Waals surface area contributed by atoms with Crippen LogP contribution in [0.15, 0.2) is 18.2 Å². The number of nitrogens with one attached hydrogen (secondary N) is 1. The molecule has 1 heterocycles. The van der Waals surface area contributed by atoms with Crippen LogP contribution >= 0.6 is 0 Å². The Labute approximate surface area is 140 Å². The third kappa shape index (κ3) is 3.61. The molecule has 1 aromatic carbocycles. The number of rotatable bonds is 6. The van der Waals surface area contributed by atoms with Crippen LogP contribution in [0.1, 0.15) is 30.9 Å². The highest BCUT2D eigenvalue weighted by Crippen LogP contribution is 2.17. The van der Waals surface area contributed by atoms with E-state index >= 15 is 0 Å². The first-order valence-corrected chi connectivity index (χ1v) is 7.89. The van der Waals surface area contributed by atoms with Crippen molar-refractivity contribution in [2.45, 2.75) is 33.6 Å². The van der Waals surface area contributed by atoms with Gasteiger partial charge in [0.2, 0.25) is 5.91 Å². The van der Waals surface area contributed by atoms with Crippen molar-refractivity contribution in [3.8, 4) is 0 Å². The van der Waals surface area contributed by atoms with Crippen molar-refractivity contribution in [3.63, 3.8) is 0 Å². The molecule has 1 saturated heterocycles. The molecule has 0 saturated carbocycles. The van der Waals surface area contributed by atoms with Crippen LogP contribution in [0, 0.1) is 13.8 Å². The molecule has 1 N–H and O–H groups in total. The molecule has 0 radical (unpaired) electrons. The van der Waals surface area contributed by atoms with Gasteiger partial charge in [-0.05, 0) is 37.5 Å². The van der Waals surface area contributed by atoms with Gasteiger partial charge >= 0.3 is 17.8 Å². The summed E-state index contributed by atoms with van der Waals surface area (Å²) in [7, 11) is 0. The van der Waals surface area contributed by atoms with Crippen LogP contribution in [-0.4, -0.2) is 46.6 Å². The lowest BCUT2D eigenvalue weighted by Gasteiger charge is -2.15. The molecule has 5 amide bonds. The normalized spacial score (nSPS) is 14.5. The highest BCUT2D eigenvalue weighted by atomic mass is 16.2. The number of aryl methyl sites for hydroxylation is 2. The molecule has 128 valence electrons. The van der Waals surface area contributed by atoms with E-state index in [1.807, 2.05) is 32.9 Å². The maximum atomic E-state index is 12.2. The fraction of sp³-hybridized carbons (Fsp3) is 0.412. The molecule has 1 fully saturated rings. The topological polar surface area (TPSA) is 86.8 Å². The molecule has 1 aliphatic rings. The van der Waals surface area contributed by atoms with Gasteiger partial charge in [-0.3, -0.25) is 19.3 Å². The van der Waals surface area contributed by atoms with E-state index in [-0.39, 0.29) is 6.54 Å². The second-order valence-corrected chi connectivity index (χ2v) is 5.85. The summed E-state index contributed by atoms with van der Waals surface area (Å²) in [4.78, 5) is 49.7. The van der Waals surface area contributed by atoms with Crippen LogP contribution in [0.3, 0.4) is 0 Å². The van der Waals surface area contributed by atoms with Gasteiger partial charge in [0, 0.05) is 12.2 Å². The minimum Gasteiger partial charge on any atom is -0.324 e. The Kier molecular flexibility index (Phi) is 5.33. The van der Waals surface area contributed by atoms with Gasteiger partial charge in [-0.15, -0.1) is 0 Å². The lowest BCUT2D eigenvalue weighted by atomic mass is 10.1. The smallest absolute Gasteiger partial charge is 0.324 e. The van der Waals surface area contributed by atoms with Crippen molar-refractivity contribution >= 4 is 29.4 Å². The van der Waals surface area contributed by atoms with Gasteiger partial charge < -0.3 is 5.32 Å². The molecule has 7 nitrogen and oxygen atoms in total. The summed E-state index contributed by atoms with van der Waals surface area (Å²) in [5.74, 6) is -2.34. The number of unbranched alkanes of at least 4 members (excludes halogenated alkanes) is 1. The average molecular weight is 331 g/mol. The van der Waals surface area contributed by atoms with Crippen molar-refractivity contribution in [2.24, 2.45) is 0 Å². The van der Waals surface area contributed by atoms with Crippen molar-refractivity contribution in [1.29, 1.82) is 0 Å². The van der Waals surface area contributed by atoms with Gasteiger partial charge in [-0.25, -0.2) is 9.69 Å². The van der Waals surface area contributed by atoms with E-state index in [4.69, 9.17) is 0 Å². The van der Waals surface area contributed by atoms with E-state index in [1.54, 1.807) is 6.07 Å². The maximum absolute atomic E-state index is 12.2. The van der Waals surface area contributed by atoms with E-state index in [0.717, 1.165) is 22.4 Å². The highest BCUT2D eigenvalue weighted by Gasteiger charge is 2.44. The SMILES string of the molecule is CCCCN1C(=O)C(=O)N(CC(=O)Nc2cc(C)ccc2C)C1=O. The van der Waals surface area contributed by atoms with Gasteiger partial charge in [-0.1, -0.05) is 25.5 Å². The molecule has 0 spiro atoms. The number of nitrogens with zero attached hydrogens (tertiary/aromatic N) is 2. The van der Waals surface area contributed by atoms with E-state index in [9.17, 15) is 19.2 Å². The third-order valence-electron chi connectivity index (χ3n) is 3.84. The number of hydrogen-bond acceptors (Lipinski definition) is 4. The molecule has 1 aliphatic heterocycles. The molecule has 1 aromatic rings. The lowest BCUT2D eigenvalue weighted by Crippen LogP contribution is -2.39. The van der Waals surface area contributed by atoms with Crippen LogP contribution in [0.2, 0.25) is 0 Å². The first-order valence-electron chi connectivity index (χ1n) is 7.89. The Morgan fingerprint density at radius 2 is 1.75 bits per heavy atom. The van der Waals surface area contributed by atoms with E-state index < -0.39 is 30.3 Å². The summed E-state index contributed by atoms with van der Waals surface area (Å²) in [6.45, 7) is 5.38. The monoisotopic (exact) mass is 331 g/mol. The van der Waals surface area contributed by atoms with Gasteiger partial charge in [-0.2, -0.15) is 0 Å². The standard InChI is InChI=1S/C17H21N3O4/c1-4-5-8-19-15(22)16(23)20(17(19)24)10-14(21)18-13-9-11(2)6-7-12(13)3/h6-7,9H,4-5,8,10H2,1-3H3,(H,18,21). The number of amides is 5. The molecule has 0 atom stereocenters. The Morgan fingerprint density at radius 3 is 2.42 bits per heavy atom. The fourth-order valence-corrected chi connectivity index (χ4v) is 2.41. The minimum atomic E-state index is -0.952. The zero-order valence-electron chi connectivity index (χ0n) is 14.1. The highest BCUT2D eigenvalue weighted by molar-refractivity contribution is 6.45. The number of carbonyl (C=O) groups is 4. The predicted molar refractivity (Wildman–Crippen MR) is 88.3 cm³/mol. The predicted octanol–water partition coefficient (Wildman–Crippen LogP) is 1.83. The van der Waals surface area contributed by atoms with Crippen LogP contribution in [0.25, 0.3) is 0 Å². The van der Waals surface area contributed by atoms with Gasteiger partial charge in [0.05, 0.1) is 0 Å². The van der Waals surface area contributed by atoms with Crippen LogP contribution in [0.4, 0.5) is 10.5 Å². The van der Waals surface area contributed by atoms with Crippen LogP contribution < -0.4 is 5.32 Å².